The number of urea groups is 1. The predicted molar refractivity (Wildman–Crippen MR) is 85.1 cm³/mol. The van der Waals surface area contributed by atoms with E-state index in [0.29, 0.717) is 35.3 Å². The van der Waals surface area contributed by atoms with Crippen molar-refractivity contribution in [3.63, 3.8) is 0 Å². The van der Waals surface area contributed by atoms with E-state index in [1.54, 1.807) is 17.9 Å². The Hall–Kier alpha value is -2.05. The van der Waals surface area contributed by atoms with Crippen molar-refractivity contribution in [3.05, 3.63) is 35.0 Å². The number of hydrogen-bond donors (Lipinski definition) is 2. The van der Waals surface area contributed by atoms with Crippen LogP contribution in [-0.2, 0) is 0 Å². The van der Waals surface area contributed by atoms with Gasteiger partial charge in [-0.05, 0) is 13.0 Å². The highest BCUT2D eigenvalue weighted by atomic mass is 35.5. The van der Waals surface area contributed by atoms with Crippen molar-refractivity contribution in [1.29, 1.82) is 0 Å². The zero-order chi connectivity index (χ0) is 15.5. The lowest BCUT2D eigenvalue weighted by atomic mass is 10.1. The molecular weight excluding hydrogens is 304 g/mol. The number of nitrogens with zero attached hydrogens (tertiary/aromatic N) is 2. The van der Waals surface area contributed by atoms with Gasteiger partial charge >= 0.3 is 6.03 Å². The number of aromatic nitrogens is 1. The van der Waals surface area contributed by atoms with Crippen LogP contribution in [0.5, 0.6) is 0 Å². The molecule has 2 aromatic rings. The van der Waals surface area contributed by atoms with Crippen molar-refractivity contribution in [2.45, 2.75) is 6.92 Å². The Labute approximate surface area is 133 Å². The first kappa shape index (κ1) is 14.9. The second kappa shape index (κ2) is 6.37. The van der Waals surface area contributed by atoms with Gasteiger partial charge in [-0.2, -0.15) is 0 Å². The van der Waals surface area contributed by atoms with E-state index in [9.17, 15) is 4.79 Å². The van der Waals surface area contributed by atoms with Gasteiger partial charge in [0.15, 0.2) is 5.76 Å². The summed E-state index contributed by atoms with van der Waals surface area (Å²) in [5, 5.41) is 10.7. The Morgan fingerprint density at radius 1 is 1.36 bits per heavy atom. The molecule has 2 heterocycles. The van der Waals surface area contributed by atoms with Gasteiger partial charge in [0.25, 0.3) is 0 Å². The molecule has 1 aromatic carbocycles. The normalized spacial score (nSPS) is 14.9. The van der Waals surface area contributed by atoms with Crippen molar-refractivity contribution >= 4 is 23.3 Å². The van der Waals surface area contributed by atoms with E-state index >= 15 is 0 Å². The van der Waals surface area contributed by atoms with Crippen molar-refractivity contribution in [2.24, 2.45) is 0 Å². The average molecular weight is 321 g/mol. The molecule has 3 rings (SSSR count). The summed E-state index contributed by atoms with van der Waals surface area (Å²) in [6, 6.07) is 7.19. The minimum Gasteiger partial charge on any atom is -0.359 e. The molecule has 6 nitrogen and oxygen atoms in total. The summed E-state index contributed by atoms with van der Waals surface area (Å²) in [5.41, 5.74) is 1.85. The van der Waals surface area contributed by atoms with Crippen LogP contribution in [0.3, 0.4) is 0 Å². The minimum absolute atomic E-state index is 0.152. The topological polar surface area (TPSA) is 70.4 Å². The van der Waals surface area contributed by atoms with Gasteiger partial charge in [-0.25, -0.2) is 4.79 Å². The first-order valence-electron chi connectivity index (χ1n) is 7.14. The summed E-state index contributed by atoms with van der Waals surface area (Å²) in [6.07, 6.45) is 0. The quantitative estimate of drug-likeness (QED) is 0.892. The molecule has 2 N–H and O–H groups in total. The van der Waals surface area contributed by atoms with E-state index in [2.05, 4.69) is 15.8 Å². The van der Waals surface area contributed by atoms with Crippen molar-refractivity contribution < 1.29 is 9.32 Å². The molecule has 0 radical (unpaired) electrons. The Balaban J connectivity index is 1.86. The third kappa shape index (κ3) is 2.93. The lowest BCUT2D eigenvalue weighted by Crippen LogP contribution is -2.48. The van der Waals surface area contributed by atoms with Gasteiger partial charge in [0.2, 0.25) is 0 Å². The molecule has 7 heteroatoms. The molecule has 1 saturated heterocycles. The van der Waals surface area contributed by atoms with Crippen LogP contribution in [0.25, 0.3) is 11.3 Å². The summed E-state index contributed by atoms with van der Waals surface area (Å²) >= 11 is 6.21. The first-order valence-corrected chi connectivity index (χ1v) is 7.52. The highest BCUT2D eigenvalue weighted by Crippen LogP contribution is 2.34. The fourth-order valence-electron chi connectivity index (χ4n) is 2.41. The van der Waals surface area contributed by atoms with E-state index < -0.39 is 0 Å². The molecule has 116 valence electrons. The largest absolute Gasteiger partial charge is 0.359 e. The van der Waals surface area contributed by atoms with Crippen LogP contribution < -0.4 is 10.6 Å². The van der Waals surface area contributed by atoms with Crippen LogP contribution in [0.15, 0.2) is 28.8 Å². The van der Waals surface area contributed by atoms with Gasteiger partial charge in [-0.15, -0.1) is 0 Å². The number of nitrogens with one attached hydrogen (secondary N) is 2. The number of benzene rings is 1. The fourth-order valence-corrected chi connectivity index (χ4v) is 2.64. The van der Waals surface area contributed by atoms with Crippen molar-refractivity contribution in [3.8, 4) is 11.3 Å². The zero-order valence-corrected chi connectivity index (χ0v) is 13.0. The van der Waals surface area contributed by atoms with E-state index in [1.165, 1.54) is 0 Å². The maximum absolute atomic E-state index is 12.4. The molecule has 2 amide bonds. The molecule has 0 unspecified atom stereocenters. The molecule has 0 bridgehead atoms. The van der Waals surface area contributed by atoms with Gasteiger partial charge in [0, 0.05) is 31.7 Å². The van der Waals surface area contributed by atoms with Gasteiger partial charge < -0.3 is 20.1 Å². The molecule has 0 aliphatic carbocycles. The van der Waals surface area contributed by atoms with Crippen LogP contribution in [0.2, 0.25) is 5.02 Å². The van der Waals surface area contributed by atoms with Gasteiger partial charge in [-0.1, -0.05) is 35.0 Å². The Kier molecular flexibility index (Phi) is 4.31. The SMILES string of the molecule is Cc1onc(-c2ccccc2Cl)c1NC(=O)N1CCNCC1. The Bertz CT molecular complexity index is 680. The van der Waals surface area contributed by atoms with Gasteiger partial charge in [0.1, 0.15) is 11.4 Å². The lowest BCUT2D eigenvalue weighted by molar-refractivity contribution is 0.204. The average Bonchev–Trinajstić information content (AvgIpc) is 2.90. The number of hydrogen-bond acceptors (Lipinski definition) is 4. The molecule has 22 heavy (non-hydrogen) atoms. The number of carbonyl (C=O) groups excluding carboxylic acids is 1. The van der Waals surface area contributed by atoms with Crippen molar-refractivity contribution in [2.75, 3.05) is 31.5 Å². The van der Waals surface area contributed by atoms with Gasteiger partial charge in [-0.3, -0.25) is 0 Å². The molecule has 0 atom stereocenters. The van der Waals surface area contributed by atoms with Gasteiger partial charge in [0.05, 0.1) is 5.02 Å². The zero-order valence-electron chi connectivity index (χ0n) is 12.2. The molecule has 1 fully saturated rings. The van der Waals surface area contributed by atoms with E-state index in [1.807, 2.05) is 18.2 Å². The minimum atomic E-state index is -0.152. The summed E-state index contributed by atoms with van der Waals surface area (Å²) in [7, 11) is 0. The number of halogens is 1. The number of aryl methyl sites for hydroxylation is 1. The standard InChI is InChI=1S/C15H17ClN4O2/c1-10-13(18-15(21)20-8-6-17-7-9-20)14(19-22-10)11-4-2-3-5-12(11)16/h2-5,17H,6-9H2,1H3,(H,18,21). The predicted octanol–water partition coefficient (Wildman–Crippen LogP) is 2.74. The van der Waals surface area contributed by atoms with Crippen LogP contribution in [0.1, 0.15) is 5.76 Å². The third-order valence-corrected chi connectivity index (χ3v) is 3.96. The number of piperazine rings is 1. The van der Waals surface area contributed by atoms with Crippen LogP contribution in [-0.4, -0.2) is 42.3 Å². The fraction of sp³-hybridized carbons (Fsp3) is 0.333. The molecular formula is C15H17ClN4O2. The first-order chi connectivity index (χ1) is 10.7. The number of amides is 2. The van der Waals surface area contributed by atoms with Crippen LogP contribution in [0.4, 0.5) is 10.5 Å². The van der Waals surface area contributed by atoms with Crippen LogP contribution in [0, 0.1) is 6.92 Å². The Morgan fingerprint density at radius 3 is 2.82 bits per heavy atom. The molecule has 0 saturated carbocycles. The van der Waals surface area contributed by atoms with Crippen molar-refractivity contribution in [1.82, 2.24) is 15.4 Å². The summed E-state index contributed by atoms with van der Waals surface area (Å²) < 4.78 is 5.24. The number of anilines is 1. The molecule has 1 aliphatic rings. The Morgan fingerprint density at radius 2 is 2.09 bits per heavy atom. The summed E-state index contributed by atoms with van der Waals surface area (Å²) in [4.78, 5) is 14.1. The van der Waals surface area contributed by atoms with Crippen LogP contribution >= 0.6 is 11.6 Å². The molecule has 1 aromatic heterocycles. The third-order valence-electron chi connectivity index (χ3n) is 3.63. The highest BCUT2D eigenvalue weighted by Gasteiger charge is 2.22. The number of carbonyl (C=O) groups is 1. The van der Waals surface area contributed by atoms with E-state index in [0.717, 1.165) is 18.7 Å². The molecule has 0 spiro atoms. The molecule has 1 aliphatic heterocycles. The van der Waals surface area contributed by atoms with E-state index in [-0.39, 0.29) is 6.03 Å². The highest BCUT2D eigenvalue weighted by molar-refractivity contribution is 6.33. The summed E-state index contributed by atoms with van der Waals surface area (Å²) in [5.74, 6) is 0.554. The number of rotatable bonds is 2. The summed E-state index contributed by atoms with van der Waals surface area (Å²) in [6.45, 7) is 4.72. The lowest BCUT2D eigenvalue weighted by Gasteiger charge is -2.27. The second-order valence-corrected chi connectivity index (χ2v) is 5.52. The maximum atomic E-state index is 12.4. The maximum Gasteiger partial charge on any atom is 0.322 e. The monoisotopic (exact) mass is 320 g/mol. The second-order valence-electron chi connectivity index (χ2n) is 5.11. The van der Waals surface area contributed by atoms with E-state index in [4.69, 9.17) is 16.1 Å². The smallest absolute Gasteiger partial charge is 0.322 e.